The Kier molecular flexibility index (Phi) is 5.34. The second-order valence-electron chi connectivity index (χ2n) is 4.44. The summed E-state index contributed by atoms with van der Waals surface area (Å²) in [6, 6.07) is 3.89. The molecule has 0 unspecified atom stereocenters. The fraction of sp³-hybridized carbons (Fsp3) is 0.154. The van der Waals surface area contributed by atoms with Gasteiger partial charge in [-0.15, -0.1) is 0 Å². The van der Waals surface area contributed by atoms with E-state index in [4.69, 9.17) is 28.9 Å². The van der Waals surface area contributed by atoms with Gasteiger partial charge in [0.2, 0.25) is 0 Å². The van der Waals surface area contributed by atoms with E-state index < -0.39 is 16.8 Å². The van der Waals surface area contributed by atoms with Crippen LogP contribution in [0.4, 0.5) is 5.69 Å². The summed E-state index contributed by atoms with van der Waals surface area (Å²) in [5.41, 5.74) is 0.168. The molecule has 7 nitrogen and oxygen atoms in total. The number of hydrogen-bond acceptors (Lipinski definition) is 6. The predicted octanol–water partition coefficient (Wildman–Crippen LogP) is 2.92. The summed E-state index contributed by atoms with van der Waals surface area (Å²) in [7, 11) is 0. The van der Waals surface area contributed by atoms with Crippen LogP contribution in [0.1, 0.15) is 12.0 Å². The van der Waals surface area contributed by atoms with Gasteiger partial charge in [0.15, 0.2) is 0 Å². The minimum atomic E-state index is -1.04. The van der Waals surface area contributed by atoms with E-state index in [0.29, 0.717) is 5.56 Å². The molecule has 1 aromatic rings. The monoisotopic (exact) mass is 372 g/mol. The number of thioether (sulfide) groups is 1. The number of nitro benzene ring substituents is 1. The molecule has 0 spiro atoms. The summed E-state index contributed by atoms with van der Waals surface area (Å²) in [5, 5.41) is 19.7. The first-order valence-electron chi connectivity index (χ1n) is 6.20. The molecule has 120 valence electrons. The van der Waals surface area contributed by atoms with E-state index in [1.165, 1.54) is 29.2 Å². The second-order valence-corrected chi connectivity index (χ2v) is 6.52. The first-order valence-corrected chi connectivity index (χ1v) is 7.81. The largest absolute Gasteiger partial charge is 0.481 e. The molecule has 1 heterocycles. The number of benzene rings is 1. The number of thiocarbonyl (C=S) groups is 1. The summed E-state index contributed by atoms with van der Waals surface area (Å²) in [6.45, 7) is -0.0278. The number of carbonyl (C=O) groups excluding carboxylic acids is 1. The van der Waals surface area contributed by atoms with Crippen molar-refractivity contribution in [2.45, 2.75) is 6.42 Å². The number of halogens is 1. The van der Waals surface area contributed by atoms with Crippen LogP contribution in [0.15, 0.2) is 23.1 Å². The zero-order chi connectivity index (χ0) is 17.1. The van der Waals surface area contributed by atoms with Crippen LogP contribution in [-0.4, -0.2) is 37.7 Å². The van der Waals surface area contributed by atoms with Gasteiger partial charge in [0.1, 0.15) is 4.32 Å². The van der Waals surface area contributed by atoms with Crippen molar-refractivity contribution in [2.75, 3.05) is 6.54 Å². The Labute approximate surface area is 145 Å². The lowest BCUT2D eigenvalue weighted by Crippen LogP contribution is -2.30. The molecule has 0 aliphatic carbocycles. The van der Waals surface area contributed by atoms with Crippen molar-refractivity contribution in [1.29, 1.82) is 0 Å². The average Bonchev–Trinajstić information content (AvgIpc) is 2.73. The summed E-state index contributed by atoms with van der Waals surface area (Å²) in [4.78, 5) is 34.5. The molecular weight excluding hydrogens is 364 g/mol. The number of carboxylic acid groups (broad SMARTS) is 1. The SMILES string of the molecule is O=C(O)CCN1C(=O)C(=Cc2cc([N+](=O)[O-])ccc2Cl)SC1=S. The first kappa shape index (κ1) is 17.4. The summed E-state index contributed by atoms with van der Waals surface area (Å²) in [5.74, 6) is -1.48. The highest BCUT2D eigenvalue weighted by molar-refractivity contribution is 8.26. The highest BCUT2D eigenvalue weighted by Gasteiger charge is 2.32. The Morgan fingerprint density at radius 2 is 2.22 bits per heavy atom. The maximum Gasteiger partial charge on any atom is 0.305 e. The molecule has 1 N–H and O–H groups in total. The average molecular weight is 373 g/mol. The topological polar surface area (TPSA) is 101 Å². The van der Waals surface area contributed by atoms with Crippen molar-refractivity contribution in [3.63, 3.8) is 0 Å². The van der Waals surface area contributed by atoms with Crippen LogP contribution in [0.5, 0.6) is 0 Å². The van der Waals surface area contributed by atoms with Crippen LogP contribution >= 0.6 is 35.6 Å². The number of nitro groups is 1. The van der Waals surface area contributed by atoms with Crippen molar-refractivity contribution < 1.29 is 19.6 Å². The lowest BCUT2D eigenvalue weighted by Gasteiger charge is -2.12. The highest BCUT2D eigenvalue weighted by atomic mass is 35.5. The van der Waals surface area contributed by atoms with Crippen molar-refractivity contribution in [3.8, 4) is 0 Å². The number of hydrogen-bond donors (Lipinski definition) is 1. The minimum absolute atomic E-state index is 0.0278. The van der Waals surface area contributed by atoms with Gasteiger partial charge in [-0.1, -0.05) is 35.6 Å². The molecule has 1 saturated heterocycles. The van der Waals surface area contributed by atoms with Crippen molar-refractivity contribution in [3.05, 3.63) is 43.8 Å². The van der Waals surface area contributed by atoms with Gasteiger partial charge in [0.25, 0.3) is 11.6 Å². The Morgan fingerprint density at radius 1 is 1.52 bits per heavy atom. The van der Waals surface area contributed by atoms with Gasteiger partial charge >= 0.3 is 5.97 Å². The number of rotatable bonds is 5. The van der Waals surface area contributed by atoms with Crippen molar-refractivity contribution >= 4 is 63.5 Å². The molecule has 10 heteroatoms. The van der Waals surface area contributed by atoms with E-state index in [2.05, 4.69) is 0 Å². The number of non-ortho nitro benzene ring substituents is 1. The zero-order valence-corrected chi connectivity index (χ0v) is 13.8. The lowest BCUT2D eigenvalue weighted by molar-refractivity contribution is -0.384. The number of amides is 1. The van der Waals surface area contributed by atoms with Crippen LogP contribution in [0.3, 0.4) is 0 Å². The Morgan fingerprint density at radius 3 is 2.83 bits per heavy atom. The number of nitrogens with zero attached hydrogens (tertiary/aromatic N) is 2. The standard InChI is InChI=1S/C13H9ClN2O5S2/c14-9-2-1-8(16(20)21)5-7(9)6-10-12(19)15(13(22)23-10)4-3-11(17)18/h1-2,5-6H,3-4H2,(H,17,18). The van der Waals surface area contributed by atoms with Crippen LogP contribution in [0.2, 0.25) is 5.02 Å². The maximum absolute atomic E-state index is 12.2. The van der Waals surface area contributed by atoms with E-state index in [1.807, 2.05) is 0 Å². The second kappa shape index (κ2) is 7.07. The molecule has 1 aliphatic rings. The van der Waals surface area contributed by atoms with Gasteiger partial charge in [-0.3, -0.25) is 24.6 Å². The van der Waals surface area contributed by atoms with Crippen LogP contribution in [0.25, 0.3) is 6.08 Å². The van der Waals surface area contributed by atoms with E-state index in [-0.39, 0.29) is 32.9 Å². The lowest BCUT2D eigenvalue weighted by atomic mass is 10.2. The van der Waals surface area contributed by atoms with Crippen LogP contribution in [-0.2, 0) is 9.59 Å². The molecule has 1 aliphatic heterocycles. The van der Waals surface area contributed by atoms with E-state index in [1.54, 1.807) is 0 Å². The van der Waals surface area contributed by atoms with Gasteiger partial charge in [-0.05, 0) is 12.1 Å². The molecule has 0 atom stereocenters. The summed E-state index contributed by atoms with van der Waals surface area (Å²) >= 11 is 12.0. The molecule has 1 amide bonds. The normalized spacial score (nSPS) is 16.2. The fourth-order valence-electron chi connectivity index (χ4n) is 1.80. The third kappa shape index (κ3) is 4.06. The molecule has 2 rings (SSSR count). The fourth-order valence-corrected chi connectivity index (χ4v) is 3.27. The quantitative estimate of drug-likeness (QED) is 0.367. The van der Waals surface area contributed by atoms with Gasteiger partial charge < -0.3 is 5.11 Å². The Hall–Kier alpha value is -1.97. The third-order valence-electron chi connectivity index (χ3n) is 2.90. The Bertz CT molecular complexity index is 750. The third-order valence-corrected chi connectivity index (χ3v) is 4.62. The number of aliphatic carboxylic acids is 1. The minimum Gasteiger partial charge on any atom is -0.481 e. The van der Waals surface area contributed by atoms with Crippen LogP contribution < -0.4 is 0 Å². The molecule has 0 radical (unpaired) electrons. The van der Waals surface area contributed by atoms with Gasteiger partial charge in [0.05, 0.1) is 16.2 Å². The van der Waals surface area contributed by atoms with Gasteiger partial charge in [0, 0.05) is 29.3 Å². The van der Waals surface area contributed by atoms with Gasteiger partial charge in [-0.2, -0.15) is 0 Å². The summed E-state index contributed by atoms with van der Waals surface area (Å²) < 4.78 is 0.240. The number of carbonyl (C=O) groups is 2. The van der Waals surface area contributed by atoms with E-state index in [9.17, 15) is 19.7 Å². The molecule has 0 bridgehead atoms. The zero-order valence-electron chi connectivity index (χ0n) is 11.4. The number of carboxylic acids is 1. The Balaban J connectivity index is 2.28. The summed E-state index contributed by atoms with van der Waals surface area (Å²) in [6.07, 6.45) is 1.19. The smallest absolute Gasteiger partial charge is 0.305 e. The maximum atomic E-state index is 12.2. The first-order chi connectivity index (χ1) is 10.8. The van der Waals surface area contributed by atoms with Crippen molar-refractivity contribution in [1.82, 2.24) is 4.90 Å². The predicted molar refractivity (Wildman–Crippen MR) is 90.2 cm³/mol. The molecule has 0 aromatic heterocycles. The van der Waals surface area contributed by atoms with Crippen molar-refractivity contribution in [2.24, 2.45) is 0 Å². The van der Waals surface area contributed by atoms with E-state index >= 15 is 0 Å². The van der Waals surface area contributed by atoms with E-state index in [0.717, 1.165) is 11.8 Å². The highest BCUT2D eigenvalue weighted by Crippen LogP contribution is 2.34. The molecular formula is C13H9ClN2O5S2. The van der Waals surface area contributed by atoms with Gasteiger partial charge in [-0.25, -0.2) is 0 Å². The molecule has 0 saturated carbocycles. The molecule has 1 aromatic carbocycles. The van der Waals surface area contributed by atoms with Crippen LogP contribution in [0, 0.1) is 10.1 Å². The molecule has 1 fully saturated rings. The molecule has 23 heavy (non-hydrogen) atoms.